The van der Waals surface area contributed by atoms with Crippen molar-refractivity contribution in [3.63, 3.8) is 0 Å². The molecule has 0 fully saturated rings. The highest BCUT2D eigenvalue weighted by Gasteiger charge is 2.07. The average Bonchev–Trinajstić information content (AvgIpc) is 2.19. The van der Waals surface area contributed by atoms with Crippen molar-refractivity contribution in [2.45, 2.75) is 0 Å². The third-order valence-electron chi connectivity index (χ3n) is 1.97. The molecule has 0 bridgehead atoms. The minimum atomic E-state index is -0.119. The molecule has 0 saturated heterocycles. The Bertz CT molecular complexity index is 408. The number of rotatable bonds is 5. The van der Waals surface area contributed by atoms with Gasteiger partial charge < -0.3 is 11.1 Å². The van der Waals surface area contributed by atoms with Gasteiger partial charge in [0.2, 0.25) is 5.91 Å². The Kier molecular flexibility index (Phi) is 5.34. The molecule has 92 valence electrons. The summed E-state index contributed by atoms with van der Waals surface area (Å²) in [6.45, 7) is 0.656. The molecule has 0 heterocycles. The number of benzene rings is 1. The van der Waals surface area contributed by atoms with Crippen molar-refractivity contribution in [3.05, 3.63) is 29.3 Å². The van der Waals surface area contributed by atoms with Crippen molar-refractivity contribution in [2.75, 3.05) is 25.5 Å². The summed E-state index contributed by atoms with van der Waals surface area (Å²) in [7, 11) is 1.78. The van der Waals surface area contributed by atoms with E-state index in [2.05, 4.69) is 5.32 Å². The molecule has 1 amide bonds. The van der Waals surface area contributed by atoms with Crippen LogP contribution < -0.4 is 11.1 Å². The van der Waals surface area contributed by atoms with Gasteiger partial charge in [-0.25, -0.2) is 0 Å². The predicted octanol–water partition coefficient (Wildman–Crippen LogP) is 1.50. The first kappa shape index (κ1) is 13.9. The second kappa shape index (κ2) is 6.54. The standard InChI is InChI=1S/C11H14ClN3OS/c1-15(6-10(13)17)7-11(16)14-9-4-2-8(12)3-5-9/h2-5H,6-7H2,1H3,(H2,13,17)(H,14,16). The normalized spacial score (nSPS) is 10.3. The zero-order valence-corrected chi connectivity index (χ0v) is 11.0. The van der Waals surface area contributed by atoms with Gasteiger partial charge in [0.15, 0.2) is 0 Å². The molecule has 0 spiro atoms. The number of thiocarbonyl (C=S) groups is 1. The summed E-state index contributed by atoms with van der Waals surface area (Å²) >= 11 is 10.5. The summed E-state index contributed by atoms with van der Waals surface area (Å²) in [6, 6.07) is 6.92. The van der Waals surface area contributed by atoms with Gasteiger partial charge in [0.05, 0.1) is 11.5 Å². The second-order valence-corrected chi connectivity index (χ2v) is 4.65. The van der Waals surface area contributed by atoms with E-state index in [0.29, 0.717) is 22.2 Å². The van der Waals surface area contributed by atoms with E-state index in [1.807, 2.05) is 0 Å². The number of carbonyl (C=O) groups is 1. The van der Waals surface area contributed by atoms with Crippen molar-refractivity contribution >= 4 is 40.4 Å². The SMILES string of the molecule is CN(CC(=O)Nc1ccc(Cl)cc1)CC(N)=S. The van der Waals surface area contributed by atoms with E-state index in [4.69, 9.17) is 29.6 Å². The van der Waals surface area contributed by atoms with E-state index in [1.165, 1.54) is 0 Å². The van der Waals surface area contributed by atoms with Crippen LogP contribution in [0.25, 0.3) is 0 Å². The second-order valence-electron chi connectivity index (χ2n) is 3.69. The molecular weight excluding hydrogens is 258 g/mol. The highest BCUT2D eigenvalue weighted by molar-refractivity contribution is 7.80. The van der Waals surface area contributed by atoms with E-state index in [0.717, 1.165) is 0 Å². The van der Waals surface area contributed by atoms with Gasteiger partial charge in [0.25, 0.3) is 0 Å². The van der Waals surface area contributed by atoms with Crippen LogP contribution in [0.2, 0.25) is 5.02 Å². The number of hydrogen-bond acceptors (Lipinski definition) is 3. The van der Waals surface area contributed by atoms with Crippen LogP contribution in [-0.2, 0) is 4.79 Å². The van der Waals surface area contributed by atoms with Gasteiger partial charge in [-0.15, -0.1) is 0 Å². The number of nitrogens with zero attached hydrogens (tertiary/aromatic N) is 1. The molecule has 0 radical (unpaired) electrons. The molecule has 0 atom stereocenters. The molecular formula is C11H14ClN3OS. The zero-order valence-electron chi connectivity index (χ0n) is 9.44. The maximum atomic E-state index is 11.6. The lowest BCUT2D eigenvalue weighted by molar-refractivity contribution is -0.116. The lowest BCUT2D eigenvalue weighted by Gasteiger charge is -2.15. The molecule has 0 unspecified atom stereocenters. The summed E-state index contributed by atoms with van der Waals surface area (Å²) in [4.78, 5) is 13.7. The van der Waals surface area contributed by atoms with Crippen LogP contribution in [0.1, 0.15) is 0 Å². The fourth-order valence-electron chi connectivity index (χ4n) is 1.30. The van der Waals surface area contributed by atoms with Crippen LogP contribution >= 0.6 is 23.8 Å². The Morgan fingerprint density at radius 2 is 2.00 bits per heavy atom. The summed E-state index contributed by atoms with van der Waals surface area (Å²) in [5.74, 6) is -0.119. The van der Waals surface area contributed by atoms with Crippen LogP contribution in [-0.4, -0.2) is 35.9 Å². The lowest BCUT2D eigenvalue weighted by Crippen LogP contribution is -2.35. The van der Waals surface area contributed by atoms with Crippen LogP contribution in [0.3, 0.4) is 0 Å². The van der Waals surface area contributed by atoms with Gasteiger partial charge in [0.1, 0.15) is 0 Å². The quantitative estimate of drug-likeness (QED) is 0.797. The average molecular weight is 272 g/mol. The lowest BCUT2D eigenvalue weighted by atomic mass is 10.3. The topological polar surface area (TPSA) is 58.4 Å². The van der Waals surface area contributed by atoms with E-state index in [1.54, 1.807) is 36.2 Å². The first-order chi connectivity index (χ1) is 7.97. The number of hydrogen-bond donors (Lipinski definition) is 2. The Hall–Kier alpha value is -1.17. The van der Waals surface area contributed by atoms with Crippen LogP contribution in [0.5, 0.6) is 0 Å². The van der Waals surface area contributed by atoms with E-state index >= 15 is 0 Å². The summed E-state index contributed by atoms with van der Waals surface area (Å²) in [5.41, 5.74) is 6.09. The highest BCUT2D eigenvalue weighted by atomic mass is 35.5. The number of amides is 1. The molecule has 17 heavy (non-hydrogen) atoms. The molecule has 0 saturated carbocycles. The molecule has 1 aromatic rings. The maximum absolute atomic E-state index is 11.6. The third-order valence-corrected chi connectivity index (χ3v) is 2.35. The number of carbonyl (C=O) groups excluding carboxylic acids is 1. The minimum absolute atomic E-state index is 0.119. The molecule has 1 aromatic carbocycles. The van der Waals surface area contributed by atoms with Gasteiger partial charge in [-0.05, 0) is 31.3 Å². The highest BCUT2D eigenvalue weighted by Crippen LogP contribution is 2.13. The van der Waals surface area contributed by atoms with Crippen LogP contribution in [0, 0.1) is 0 Å². The molecule has 0 aromatic heterocycles. The maximum Gasteiger partial charge on any atom is 0.238 e. The van der Waals surface area contributed by atoms with Gasteiger partial charge in [0, 0.05) is 17.3 Å². The van der Waals surface area contributed by atoms with Crippen LogP contribution in [0.15, 0.2) is 24.3 Å². The zero-order chi connectivity index (χ0) is 12.8. The number of anilines is 1. The number of likely N-dealkylation sites (N-methyl/N-ethyl adjacent to an activating group) is 1. The fourth-order valence-corrected chi connectivity index (χ4v) is 1.65. The van der Waals surface area contributed by atoms with Gasteiger partial charge in [-0.2, -0.15) is 0 Å². The summed E-state index contributed by atoms with van der Waals surface area (Å²) in [5, 5.41) is 3.38. The Morgan fingerprint density at radius 3 is 2.53 bits per heavy atom. The van der Waals surface area contributed by atoms with E-state index in [-0.39, 0.29) is 12.5 Å². The Labute approximate surface area is 111 Å². The predicted molar refractivity (Wildman–Crippen MR) is 74.4 cm³/mol. The molecule has 6 heteroatoms. The molecule has 1 rings (SSSR count). The fraction of sp³-hybridized carbons (Fsp3) is 0.273. The van der Waals surface area contributed by atoms with Crippen LogP contribution in [0.4, 0.5) is 5.69 Å². The first-order valence-corrected chi connectivity index (χ1v) is 5.78. The Balaban J connectivity index is 2.44. The Morgan fingerprint density at radius 1 is 1.41 bits per heavy atom. The molecule has 0 aliphatic carbocycles. The smallest absolute Gasteiger partial charge is 0.238 e. The molecule has 4 nitrogen and oxygen atoms in total. The summed E-state index contributed by atoms with van der Waals surface area (Å²) < 4.78 is 0. The number of halogens is 1. The van der Waals surface area contributed by atoms with E-state index < -0.39 is 0 Å². The van der Waals surface area contributed by atoms with Crippen molar-refractivity contribution in [1.29, 1.82) is 0 Å². The van der Waals surface area contributed by atoms with Crippen molar-refractivity contribution in [3.8, 4) is 0 Å². The molecule has 3 N–H and O–H groups in total. The number of nitrogens with one attached hydrogen (secondary N) is 1. The minimum Gasteiger partial charge on any atom is -0.392 e. The van der Waals surface area contributed by atoms with Crippen molar-refractivity contribution < 1.29 is 4.79 Å². The van der Waals surface area contributed by atoms with Crippen molar-refractivity contribution in [1.82, 2.24) is 4.90 Å². The van der Waals surface area contributed by atoms with Gasteiger partial charge >= 0.3 is 0 Å². The van der Waals surface area contributed by atoms with E-state index in [9.17, 15) is 4.79 Å². The van der Waals surface area contributed by atoms with Gasteiger partial charge in [-0.1, -0.05) is 23.8 Å². The third kappa shape index (κ3) is 5.63. The molecule has 0 aliphatic rings. The number of nitrogens with two attached hydrogens (primary N) is 1. The summed E-state index contributed by atoms with van der Waals surface area (Å²) in [6.07, 6.45) is 0. The largest absolute Gasteiger partial charge is 0.392 e. The van der Waals surface area contributed by atoms with Crippen molar-refractivity contribution in [2.24, 2.45) is 5.73 Å². The first-order valence-electron chi connectivity index (χ1n) is 4.99. The monoisotopic (exact) mass is 271 g/mol. The molecule has 0 aliphatic heterocycles. The van der Waals surface area contributed by atoms with Gasteiger partial charge in [-0.3, -0.25) is 9.69 Å².